The summed E-state index contributed by atoms with van der Waals surface area (Å²) in [6, 6.07) is 14.2. The van der Waals surface area contributed by atoms with Crippen molar-refractivity contribution in [2.75, 3.05) is 32.3 Å². The molecule has 0 saturated carbocycles. The first-order valence-corrected chi connectivity index (χ1v) is 16.0. The van der Waals surface area contributed by atoms with Gasteiger partial charge in [-0.1, -0.05) is 45.4 Å². The molecule has 1 aliphatic rings. The monoisotopic (exact) mass is 680 g/mol. The molecule has 0 radical (unpaired) electrons. The number of alkyl halides is 1. The fraction of sp³-hybridized carbons (Fsp3) is 0.323. The number of nitrogens with zero attached hydrogens (tertiary/aromatic N) is 2. The van der Waals surface area contributed by atoms with Crippen molar-refractivity contribution in [1.82, 2.24) is 9.55 Å². The van der Waals surface area contributed by atoms with Gasteiger partial charge in [-0.3, -0.25) is 4.57 Å². The number of hydrogen-bond donors (Lipinski definition) is 0. The summed E-state index contributed by atoms with van der Waals surface area (Å²) in [4.78, 5) is 4.93. The van der Waals surface area contributed by atoms with Crippen LogP contribution in [-0.2, 0) is 16.9 Å². The fourth-order valence-corrected chi connectivity index (χ4v) is 6.55. The predicted octanol–water partition coefficient (Wildman–Crippen LogP) is 8.50. The van der Waals surface area contributed by atoms with E-state index in [1.165, 1.54) is 36.0 Å². The van der Waals surface area contributed by atoms with E-state index in [4.69, 9.17) is 30.8 Å². The standard InChI is InChI=1S/C31H29BrClF3N2O3S/c1-39-29-15-19(5-10-25(29)33)23-3-2-4-28-30(23)38(21-8-6-20(34)7-9-21)31(37-28)42-18-24-26(35)16-22(17-27(24)36)41-14-13-40-12-11-32/h5-10,15-17,23H,2-4,11-14,18H2,1H3. The van der Waals surface area contributed by atoms with Gasteiger partial charge in [0.1, 0.15) is 35.6 Å². The molecule has 5 rings (SSSR count). The topological polar surface area (TPSA) is 45.5 Å². The number of benzene rings is 3. The van der Waals surface area contributed by atoms with E-state index in [0.717, 1.165) is 36.2 Å². The fourth-order valence-electron chi connectivity index (χ4n) is 5.07. The molecule has 4 aromatic rings. The molecule has 1 heterocycles. The maximum atomic E-state index is 15.1. The molecule has 0 aliphatic heterocycles. The van der Waals surface area contributed by atoms with Crippen LogP contribution in [0.2, 0.25) is 5.02 Å². The predicted molar refractivity (Wildman–Crippen MR) is 162 cm³/mol. The van der Waals surface area contributed by atoms with E-state index in [9.17, 15) is 4.39 Å². The Morgan fingerprint density at radius 1 is 1.02 bits per heavy atom. The van der Waals surface area contributed by atoms with E-state index in [0.29, 0.717) is 40.2 Å². The van der Waals surface area contributed by atoms with Gasteiger partial charge >= 0.3 is 0 Å². The average molecular weight is 682 g/mol. The molecule has 0 amide bonds. The summed E-state index contributed by atoms with van der Waals surface area (Å²) in [6.07, 6.45) is 2.53. The molecule has 0 fully saturated rings. The highest BCUT2D eigenvalue weighted by molar-refractivity contribution is 9.09. The van der Waals surface area contributed by atoms with Crippen molar-refractivity contribution in [3.8, 4) is 17.2 Å². The Bertz CT molecular complexity index is 1510. The van der Waals surface area contributed by atoms with E-state index in [2.05, 4.69) is 15.9 Å². The lowest BCUT2D eigenvalue weighted by Crippen LogP contribution is -2.15. The third-order valence-electron chi connectivity index (χ3n) is 7.04. The van der Waals surface area contributed by atoms with E-state index in [1.807, 2.05) is 22.8 Å². The van der Waals surface area contributed by atoms with Crippen LogP contribution in [0, 0.1) is 17.5 Å². The molecule has 0 saturated heterocycles. The number of ether oxygens (including phenoxy) is 3. The highest BCUT2D eigenvalue weighted by Crippen LogP contribution is 2.43. The highest BCUT2D eigenvalue weighted by Gasteiger charge is 2.31. The second-order valence-corrected chi connectivity index (χ2v) is 11.8. The van der Waals surface area contributed by atoms with Crippen molar-refractivity contribution >= 4 is 39.3 Å². The molecule has 1 atom stereocenters. The van der Waals surface area contributed by atoms with Crippen LogP contribution in [0.25, 0.3) is 5.69 Å². The lowest BCUT2D eigenvalue weighted by atomic mass is 9.84. The van der Waals surface area contributed by atoms with Crippen LogP contribution < -0.4 is 9.47 Å². The second-order valence-electron chi connectivity index (χ2n) is 9.68. The number of rotatable bonds is 12. The van der Waals surface area contributed by atoms with Gasteiger partial charge in [0.15, 0.2) is 5.16 Å². The molecule has 0 N–H and O–H groups in total. The third-order valence-corrected chi connectivity index (χ3v) is 8.64. The zero-order valence-corrected chi connectivity index (χ0v) is 26.0. The van der Waals surface area contributed by atoms with E-state index < -0.39 is 11.6 Å². The van der Waals surface area contributed by atoms with Crippen LogP contribution in [0.15, 0.2) is 59.8 Å². The number of aryl methyl sites for hydroxylation is 1. The largest absolute Gasteiger partial charge is 0.495 e. The van der Waals surface area contributed by atoms with Crippen molar-refractivity contribution in [3.05, 3.63) is 99.6 Å². The van der Waals surface area contributed by atoms with Crippen molar-refractivity contribution < 1.29 is 27.4 Å². The Balaban J connectivity index is 1.46. The van der Waals surface area contributed by atoms with Gasteiger partial charge in [0.05, 0.1) is 36.7 Å². The zero-order valence-electron chi connectivity index (χ0n) is 22.8. The van der Waals surface area contributed by atoms with E-state index in [1.54, 1.807) is 19.2 Å². The van der Waals surface area contributed by atoms with Gasteiger partial charge in [0, 0.05) is 40.4 Å². The highest BCUT2D eigenvalue weighted by atomic mass is 79.9. The lowest BCUT2D eigenvalue weighted by molar-refractivity contribution is 0.112. The first-order chi connectivity index (χ1) is 20.4. The molecule has 222 valence electrons. The van der Waals surface area contributed by atoms with Crippen LogP contribution >= 0.6 is 39.3 Å². The van der Waals surface area contributed by atoms with Gasteiger partial charge in [0.2, 0.25) is 0 Å². The number of methoxy groups -OCH3 is 1. The molecule has 1 unspecified atom stereocenters. The Morgan fingerprint density at radius 3 is 2.50 bits per heavy atom. The maximum absolute atomic E-state index is 15.1. The quantitative estimate of drug-likeness (QED) is 0.0853. The van der Waals surface area contributed by atoms with Crippen molar-refractivity contribution in [2.24, 2.45) is 0 Å². The summed E-state index contributed by atoms with van der Waals surface area (Å²) < 4.78 is 62.2. The summed E-state index contributed by atoms with van der Waals surface area (Å²) in [5.41, 5.74) is 3.52. The molecule has 1 aromatic heterocycles. The number of aromatic nitrogens is 2. The summed E-state index contributed by atoms with van der Waals surface area (Å²) in [6.45, 7) is 1.02. The average Bonchev–Trinajstić information content (AvgIpc) is 3.36. The lowest BCUT2D eigenvalue weighted by Gasteiger charge is -2.26. The molecular formula is C31H29BrClF3N2O3S. The summed E-state index contributed by atoms with van der Waals surface area (Å²) in [5, 5.41) is 1.79. The number of fused-ring (bicyclic) bond motifs is 1. The molecule has 3 aromatic carbocycles. The Morgan fingerprint density at radius 2 is 1.79 bits per heavy atom. The number of imidazole rings is 1. The Hall–Kier alpha value is -2.66. The minimum atomic E-state index is -0.699. The second kappa shape index (κ2) is 14.2. The molecule has 1 aliphatic carbocycles. The SMILES string of the molecule is COc1cc(C2CCCc3nc(SCc4c(F)cc(OCCOCCBr)cc4F)n(-c4ccc(F)cc4)c32)ccc1Cl. The normalized spacial score (nSPS) is 14.6. The molecule has 5 nitrogen and oxygen atoms in total. The van der Waals surface area contributed by atoms with Crippen LogP contribution in [0.4, 0.5) is 13.2 Å². The minimum absolute atomic E-state index is 0.00281. The van der Waals surface area contributed by atoms with Gasteiger partial charge in [-0.25, -0.2) is 18.2 Å². The van der Waals surface area contributed by atoms with Crippen LogP contribution in [0.1, 0.15) is 41.3 Å². The van der Waals surface area contributed by atoms with Crippen LogP contribution in [-0.4, -0.2) is 41.8 Å². The molecule has 11 heteroatoms. The molecule has 42 heavy (non-hydrogen) atoms. The number of halogens is 5. The van der Waals surface area contributed by atoms with E-state index in [-0.39, 0.29) is 35.4 Å². The van der Waals surface area contributed by atoms with E-state index >= 15 is 8.78 Å². The van der Waals surface area contributed by atoms with Gasteiger partial charge in [0.25, 0.3) is 0 Å². The zero-order chi connectivity index (χ0) is 29.6. The van der Waals surface area contributed by atoms with Crippen molar-refractivity contribution in [3.63, 3.8) is 0 Å². The van der Waals surface area contributed by atoms with Crippen LogP contribution in [0.5, 0.6) is 11.5 Å². The van der Waals surface area contributed by atoms with Gasteiger partial charge < -0.3 is 14.2 Å². The smallest absolute Gasteiger partial charge is 0.173 e. The summed E-state index contributed by atoms with van der Waals surface area (Å²) in [7, 11) is 1.58. The Labute approximate surface area is 260 Å². The molecule has 0 bridgehead atoms. The minimum Gasteiger partial charge on any atom is -0.495 e. The van der Waals surface area contributed by atoms with Crippen LogP contribution in [0.3, 0.4) is 0 Å². The van der Waals surface area contributed by atoms with Crippen molar-refractivity contribution in [1.29, 1.82) is 0 Å². The first-order valence-electron chi connectivity index (χ1n) is 13.5. The summed E-state index contributed by atoms with van der Waals surface area (Å²) >= 11 is 10.8. The number of hydrogen-bond acceptors (Lipinski definition) is 5. The molecule has 0 spiro atoms. The summed E-state index contributed by atoms with van der Waals surface area (Å²) in [5.74, 6) is -1.11. The molecular weight excluding hydrogens is 653 g/mol. The number of thioether (sulfide) groups is 1. The first kappa shape index (κ1) is 30.8. The van der Waals surface area contributed by atoms with Gasteiger partial charge in [-0.2, -0.15) is 0 Å². The van der Waals surface area contributed by atoms with Crippen molar-refractivity contribution in [2.45, 2.75) is 36.1 Å². The Kier molecular flexibility index (Phi) is 10.4. The maximum Gasteiger partial charge on any atom is 0.173 e. The van der Waals surface area contributed by atoms with Gasteiger partial charge in [-0.05, 0) is 61.2 Å². The third kappa shape index (κ3) is 6.93. The van der Waals surface area contributed by atoms with Gasteiger partial charge in [-0.15, -0.1) is 0 Å².